The van der Waals surface area contributed by atoms with E-state index in [1.807, 2.05) is 30.3 Å². The fourth-order valence-corrected chi connectivity index (χ4v) is 6.49. The lowest BCUT2D eigenvalue weighted by Crippen LogP contribution is -2.35. The van der Waals surface area contributed by atoms with Crippen LogP contribution in [0.4, 0.5) is 11.4 Å². The van der Waals surface area contributed by atoms with Crippen LogP contribution < -0.4 is 14.4 Å². The minimum Gasteiger partial charge on any atom is -0.497 e. The van der Waals surface area contributed by atoms with Crippen LogP contribution in [0, 0.1) is 0 Å². The molecular weight excluding hydrogens is 480 g/mol. The molecule has 1 N–H and O–H groups in total. The number of nitrogens with one attached hydrogen (secondary N) is 1. The van der Waals surface area contributed by atoms with Gasteiger partial charge in [-0.25, -0.2) is 8.42 Å². The zero-order valence-electron chi connectivity index (χ0n) is 20.2. The van der Waals surface area contributed by atoms with E-state index in [9.17, 15) is 13.2 Å². The molecule has 1 aliphatic heterocycles. The quantitative estimate of drug-likeness (QED) is 0.404. The number of ether oxygens (including phenoxy) is 1. The van der Waals surface area contributed by atoms with Gasteiger partial charge in [-0.15, -0.1) is 11.8 Å². The summed E-state index contributed by atoms with van der Waals surface area (Å²) in [5.74, 6) is 0.501. The molecule has 6 nitrogen and oxygen atoms in total. The van der Waals surface area contributed by atoms with E-state index in [-0.39, 0.29) is 17.2 Å². The van der Waals surface area contributed by atoms with Gasteiger partial charge in [0.25, 0.3) is 10.0 Å². The fraction of sp³-hybridized carbons (Fsp3) is 0.296. The van der Waals surface area contributed by atoms with Gasteiger partial charge in [0.15, 0.2) is 0 Å². The lowest BCUT2D eigenvalue weighted by atomic mass is 10.0. The highest BCUT2D eigenvalue weighted by atomic mass is 32.2. The molecule has 0 aromatic heterocycles. The van der Waals surface area contributed by atoms with Crippen LogP contribution in [0.25, 0.3) is 0 Å². The number of nitrogens with zero attached hydrogens (tertiary/aromatic N) is 1. The molecule has 8 heteroatoms. The molecule has 0 saturated heterocycles. The molecule has 3 aromatic carbocycles. The first-order chi connectivity index (χ1) is 16.8. The van der Waals surface area contributed by atoms with Crippen molar-refractivity contribution in [3.8, 4) is 5.75 Å². The standard InChI is InChI=1S/C27H30N2O4S2/c1-19(2)34-24-11-6-20(7-12-24)17-27(30)28-22-8-15-26-21(18-22)5-4-16-29(26)35(31,32)25-13-9-23(33-3)10-14-25/h6-15,18-19H,4-5,16-17H2,1-3H3,(H,28,30). The molecule has 35 heavy (non-hydrogen) atoms. The Morgan fingerprint density at radius 1 is 1.06 bits per heavy atom. The Morgan fingerprint density at radius 3 is 2.43 bits per heavy atom. The van der Waals surface area contributed by atoms with E-state index in [1.54, 1.807) is 55.3 Å². The smallest absolute Gasteiger partial charge is 0.264 e. The average molecular weight is 511 g/mol. The van der Waals surface area contributed by atoms with Crippen LogP contribution in [-0.2, 0) is 27.7 Å². The Balaban J connectivity index is 1.46. The van der Waals surface area contributed by atoms with Gasteiger partial charge in [0.2, 0.25) is 5.91 Å². The number of methoxy groups -OCH3 is 1. The van der Waals surface area contributed by atoms with Crippen LogP contribution in [0.5, 0.6) is 5.75 Å². The summed E-state index contributed by atoms with van der Waals surface area (Å²) in [6.45, 7) is 4.72. The third-order valence-corrected chi connectivity index (χ3v) is 8.59. The number of sulfonamides is 1. The van der Waals surface area contributed by atoms with Crippen molar-refractivity contribution in [1.29, 1.82) is 0 Å². The summed E-state index contributed by atoms with van der Waals surface area (Å²) in [5, 5.41) is 3.47. The van der Waals surface area contributed by atoms with Crippen LogP contribution in [0.15, 0.2) is 76.5 Å². The monoisotopic (exact) mass is 510 g/mol. The van der Waals surface area contributed by atoms with Crippen LogP contribution >= 0.6 is 11.8 Å². The fourth-order valence-electron chi connectivity index (χ4n) is 4.11. The van der Waals surface area contributed by atoms with Crippen molar-refractivity contribution in [2.24, 2.45) is 0 Å². The molecule has 3 aromatic rings. The topological polar surface area (TPSA) is 75.7 Å². The van der Waals surface area contributed by atoms with Crippen molar-refractivity contribution < 1.29 is 17.9 Å². The minimum absolute atomic E-state index is 0.104. The number of aryl methyl sites for hydroxylation is 1. The Kier molecular flexibility index (Phi) is 7.72. The van der Waals surface area contributed by atoms with E-state index in [4.69, 9.17) is 4.74 Å². The minimum atomic E-state index is -3.70. The summed E-state index contributed by atoms with van der Waals surface area (Å²) >= 11 is 1.79. The van der Waals surface area contributed by atoms with Gasteiger partial charge in [0.05, 0.1) is 24.1 Å². The van der Waals surface area contributed by atoms with Crippen molar-refractivity contribution in [2.45, 2.75) is 48.2 Å². The maximum Gasteiger partial charge on any atom is 0.264 e. The van der Waals surface area contributed by atoms with Crippen molar-refractivity contribution >= 4 is 39.1 Å². The molecule has 0 atom stereocenters. The van der Waals surface area contributed by atoms with E-state index < -0.39 is 10.0 Å². The molecule has 184 valence electrons. The average Bonchev–Trinajstić information content (AvgIpc) is 2.84. The number of hydrogen-bond donors (Lipinski definition) is 1. The van der Waals surface area contributed by atoms with Gasteiger partial charge in [-0.3, -0.25) is 9.10 Å². The maximum absolute atomic E-state index is 13.3. The highest BCUT2D eigenvalue weighted by molar-refractivity contribution is 7.99. The van der Waals surface area contributed by atoms with Crippen molar-refractivity contribution in [2.75, 3.05) is 23.3 Å². The number of benzene rings is 3. The Hall–Kier alpha value is -2.97. The molecule has 0 aliphatic carbocycles. The molecule has 0 unspecified atom stereocenters. The van der Waals surface area contributed by atoms with E-state index in [0.29, 0.717) is 35.3 Å². The van der Waals surface area contributed by atoms with Gasteiger partial charge in [-0.2, -0.15) is 0 Å². The summed E-state index contributed by atoms with van der Waals surface area (Å²) < 4.78 is 33.2. The number of carbonyl (C=O) groups is 1. The number of anilines is 2. The normalized spacial score (nSPS) is 13.4. The molecule has 0 bridgehead atoms. The van der Waals surface area contributed by atoms with E-state index >= 15 is 0 Å². The lowest BCUT2D eigenvalue weighted by Gasteiger charge is -2.31. The molecule has 0 saturated carbocycles. The van der Waals surface area contributed by atoms with Crippen molar-refractivity contribution in [3.63, 3.8) is 0 Å². The summed E-state index contributed by atoms with van der Waals surface area (Å²) in [4.78, 5) is 14.1. The predicted molar refractivity (Wildman–Crippen MR) is 142 cm³/mol. The molecule has 1 amide bonds. The molecule has 0 spiro atoms. The molecule has 1 aliphatic rings. The van der Waals surface area contributed by atoms with Gasteiger partial charge in [-0.05, 0) is 78.6 Å². The van der Waals surface area contributed by atoms with E-state index in [1.165, 1.54) is 9.20 Å². The van der Waals surface area contributed by atoms with Gasteiger partial charge in [0, 0.05) is 22.4 Å². The van der Waals surface area contributed by atoms with Gasteiger partial charge in [0.1, 0.15) is 5.75 Å². The Labute approximate surface area is 211 Å². The molecule has 1 heterocycles. The Bertz CT molecular complexity index is 1290. The molecular formula is C27H30N2O4S2. The summed E-state index contributed by atoms with van der Waals surface area (Å²) in [5.41, 5.74) is 3.18. The second-order valence-corrected chi connectivity index (χ2v) is 12.2. The number of fused-ring (bicyclic) bond motifs is 1. The first-order valence-corrected chi connectivity index (χ1v) is 13.9. The van der Waals surface area contributed by atoms with E-state index in [0.717, 1.165) is 17.5 Å². The van der Waals surface area contributed by atoms with Crippen LogP contribution in [0.1, 0.15) is 31.4 Å². The molecule has 0 radical (unpaired) electrons. The highest BCUT2D eigenvalue weighted by Crippen LogP contribution is 2.34. The van der Waals surface area contributed by atoms with Gasteiger partial charge in [-0.1, -0.05) is 26.0 Å². The molecule has 4 rings (SSSR count). The lowest BCUT2D eigenvalue weighted by molar-refractivity contribution is -0.115. The zero-order valence-corrected chi connectivity index (χ0v) is 21.8. The summed E-state index contributed by atoms with van der Waals surface area (Å²) in [6, 6.07) is 19.9. The van der Waals surface area contributed by atoms with E-state index in [2.05, 4.69) is 19.2 Å². The van der Waals surface area contributed by atoms with Crippen LogP contribution in [0.3, 0.4) is 0 Å². The SMILES string of the molecule is COc1ccc(S(=O)(=O)N2CCCc3cc(NC(=O)Cc4ccc(SC(C)C)cc4)ccc32)cc1. The zero-order chi connectivity index (χ0) is 25.0. The number of rotatable bonds is 8. The first kappa shape index (κ1) is 25.1. The predicted octanol–water partition coefficient (Wildman–Crippen LogP) is 5.52. The third kappa shape index (κ3) is 6.00. The second-order valence-electron chi connectivity index (χ2n) is 8.74. The molecule has 0 fully saturated rings. The summed E-state index contributed by atoms with van der Waals surface area (Å²) in [6.07, 6.45) is 1.74. The third-order valence-electron chi connectivity index (χ3n) is 5.75. The Morgan fingerprint density at radius 2 is 1.77 bits per heavy atom. The number of hydrogen-bond acceptors (Lipinski definition) is 5. The number of amides is 1. The van der Waals surface area contributed by atoms with Gasteiger partial charge < -0.3 is 10.1 Å². The van der Waals surface area contributed by atoms with Crippen LogP contribution in [-0.4, -0.2) is 33.2 Å². The van der Waals surface area contributed by atoms with Gasteiger partial charge >= 0.3 is 0 Å². The largest absolute Gasteiger partial charge is 0.497 e. The first-order valence-electron chi connectivity index (χ1n) is 11.6. The van der Waals surface area contributed by atoms with Crippen molar-refractivity contribution in [1.82, 2.24) is 0 Å². The highest BCUT2D eigenvalue weighted by Gasteiger charge is 2.29. The second kappa shape index (κ2) is 10.7. The van der Waals surface area contributed by atoms with Crippen molar-refractivity contribution in [3.05, 3.63) is 77.9 Å². The number of thioether (sulfide) groups is 1. The van der Waals surface area contributed by atoms with Crippen LogP contribution in [0.2, 0.25) is 0 Å². The number of carbonyl (C=O) groups excluding carboxylic acids is 1. The maximum atomic E-state index is 13.3. The summed E-state index contributed by atoms with van der Waals surface area (Å²) in [7, 11) is -2.15.